The highest BCUT2D eigenvalue weighted by molar-refractivity contribution is 7.91. The summed E-state index contributed by atoms with van der Waals surface area (Å²) in [7, 11) is -2.34. The van der Waals surface area contributed by atoms with E-state index < -0.39 is 34.7 Å². The molecule has 0 spiro atoms. The van der Waals surface area contributed by atoms with Gasteiger partial charge in [0, 0.05) is 12.6 Å². The van der Waals surface area contributed by atoms with Gasteiger partial charge in [0.05, 0.1) is 27.9 Å². The quantitative estimate of drug-likeness (QED) is 0.530. The second kappa shape index (κ2) is 7.82. The van der Waals surface area contributed by atoms with Crippen molar-refractivity contribution in [2.24, 2.45) is 7.05 Å². The Morgan fingerprint density at radius 3 is 2.50 bits per heavy atom. The third-order valence-electron chi connectivity index (χ3n) is 4.34. The Labute approximate surface area is 168 Å². The van der Waals surface area contributed by atoms with E-state index in [4.69, 9.17) is 4.74 Å². The Bertz CT molecular complexity index is 1190. The van der Waals surface area contributed by atoms with Crippen molar-refractivity contribution in [3.05, 3.63) is 36.2 Å². The molecule has 3 rings (SSSR count). The number of aromatic nitrogens is 3. The lowest BCUT2D eigenvalue weighted by molar-refractivity contribution is -0.141. The molecule has 30 heavy (non-hydrogen) atoms. The van der Waals surface area contributed by atoms with Crippen LogP contribution in [0.25, 0.3) is 22.4 Å². The van der Waals surface area contributed by atoms with Crippen LogP contribution < -0.4 is 4.74 Å². The highest BCUT2D eigenvalue weighted by Gasteiger charge is 2.33. The van der Waals surface area contributed by atoms with E-state index in [2.05, 4.69) is 9.97 Å². The van der Waals surface area contributed by atoms with Crippen LogP contribution in [0.15, 0.2) is 35.4 Å². The molecule has 0 aliphatic rings. The van der Waals surface area contributed by atoms with Crippen molar-refractivity contribution in [3.8, 4) is 17.1 Å². The van der Waals surface area contributed by atoms with Crippen LogP contribution >= 0.6 is 0 Å². The van der Waals surface area contributed by atoms with Crippen LogP contribution in [-0.2, 0) is 23.1 Å². The maximum Gasteiger partial charge on any atom is 0.433 e. The van der Waals surface area contributed by atoms with Crippen LogP contribution in [0.2, 0.25) is 0 Å². The monoisotopic (exact) mass is 449 g/mol. The molecule has 0 unspecified atom stereocenters. The Kier molecular flexibility index (Phi) is 5.72. The Balaban J connectivity index is 2.18. The van der Waals surface area contributed by atoms with Gasteiger partial charge in [0.1, 0.15) is 23.9 Å². The van der Waals surface area contributed by atoms with Gasteiger partial charge in [-0.25, -0.2) is 27.2 Å². The minimum atomic E-state index is -4.66. The summed E-state index contributed by atoms with van der Waals surface area (Å²) in [5, 5.41) is 0. The van der Waals surface area contributed by atoms with Crippen molar-refractivity contribution < 1.29 is 35.1 Å². The number of halogens is 5. The van der Waals surface area contributed by atoms with Crippen molar-refractivity contribution in [3.63, 3.8) is 0 Å². The van der Waals surface area contributed by atoms with Crippen LogP contribution in [0.1, 0.15) is 12.6 Å². The second-order valence-corrected chi connectivity index (χ2v) is 8.56. The smallest absolute Gasteiger partial charge is 0.433 e. The summed E-state index contributed by atoms with van der Waals surface area (Å²) >= 11 is 0. The van der Waals surface area contributed by atoms with Gasteiger partial charge in [-0.3, -0.25) is 0 Å². The van der Waals surface area contributed by atoms with Crippen LogP contribution in [-0.4, -0.2) is 41.7 Å². The SMILES string of the molecule is CCS(=O)(=O)c1cc(OCC(F)F)ccc1-c1nc2cc(C(F)(F)F)ncc2n1C. The molecule has 162 valence electrons. The molecule has 12 heteroatoms. The first kappa shape index (κ1) is 21.9. The molecular weight excluding hydrogens is 433 g/mol. The minimum Gasteiger partial charge on any atom is -0.488 e. The third kappa shape index (κ3) is 4.23. The van der Waals surface area contributed by atoms with Crippen LogP contribution in [0, 0.1) is 0 Å². The number of hydrogen-bond donors (Lipinski definition) is 0. The van der Waals surface area contributed by atoms with E-state index >= 15 is 0 Å². The van der Waals surface area contributed by atoms with Gasteiger partial charge in [-0.1, -0.05) is 6.92 Å². The summed E-state index contributed by atoms with van der Waals surface area (Å²) < 4.78 is 95.2. The molecule has 0 aliphatic carbocycles. The highest BCUT2D eigenvalue weighted by atomic mass is 32.2. The number of benzene rings is 1. The zero-order valence-electron chi connectivity index (χ0n) is 15.7. The van der Waals surface area contributed by atoms with Crippen molar-refractivity contribution >= 4 is 20.9 Å². The highest BCUT2D eigenvalue weighted by Crippen LogP contribution is 2.34. The predicted molar refractivity (Wildman–Crippen MR) is 98.2 cm³/mol. The molecule has 0 amide bonds. The fourth-order valence-corrected chi connectivity index (χ4v) is 3.93. The van der Waals surface area contributed by atoms with Crippen LogP contribution in [0.3, 0.4) is 0 Å². The number of sulfone groups is 1. The van der Waals surface area contributed by atoms with Crippen molar-refractivity contribution in [2.45, 2.75) is 24.4 Å². The molecule has 1 aromatic carbocycles. The van der Waals surface area contributed by atoms with E-state index in [9.17, 15) is 30.4 Å². The van der Waals surface area contributed by atoms with Crippen molar-refractivity contribution in [2.75, 3.05) is 12.4 Å². The van der Waals surface area contributed by atoms with Gasteiger partial charge in [-0.05, 0) is 24.3 Å². The Morgan fingerprint density at radius 2 is 1.90 bits per heavy atom. The van der Waals surface area contributed by atoms with E-state index in [1.807, 2.05) is 0 Å². The van der Waals surface area contributed by atoms with Gasteiger partial charge in [-0.2, -0.15) is 13.2 Å². The average Bonchev–Trinajstić information content (AvgIpc) is 3.01. The van der Waals surface area contributed by atoms with E-state index in [1.54, 1.807) is 0 Å². The second-order valence-electron chi connectivity index (χ2n) is 6.31. The minimum absolute atomic E-state index is 0.0206. The predicted octanol–water partition coefficient (Wildman–Crippen LogP) is 4.09. The van der Waals surface area contributed by atoms with Gasteiger partial charge in [0.15, 0.2) is 9.84 Å². The number of alkyl halides is 5. The van der Waals surface area contributed by atoms with E-state index in [1.165, 1.54) is 30.7 Å². The molecule has 0 fully saturated rings. The van der Waals surface area contributed by atoms with Crippen molar-refractivity contribution in [1.82, 2.24) is 14.5 Å². The van der Waals surface area contributed by atoms with Gasteiger partial charge >= 0.3 is 6.18 Å². The molecule has 0 saturated heterocycles. The maximum atomic E-state index is 12.9. The summed E-state index contributed by atoms with van der Waals surface area (Å²) in [6, 6.07) is 4.50. The lowest BCUT2D eigenvalue weighted by atomic mass is 10.2. The first-order valence-corrected chi connectivity index (χ1v) is 10.3. The number of rotatable bonds is 6. The van der Waals surface area contributed by atoms with Gasteiger partial charge in [-0.15, -0.1) is 0 Å². The lowest BCUT2D eigenvalue weighted by Gasteiger charge is -2.12. The van der Waals surface area contributed by atoms with Crippen LogP contribution in [0.4, 0.5) is 22.0 Å². The van der Waals surface area contributed by atoms with E-state index in [-0.39, 0.29) is 38.8 Å². The zero-order chi connectivity index (χ0) is 22.3. The topological polar surface area (TPSA) is 74.1 Å². The molecule has 0 aliphatic heterocycles. The number of pyridine rings is 1. The fraction of sp³-hybridized carbons (Fsp3) is 0.333. The molecule has 2 heterocycles. The Hall–Kier alpha value is -2.76. The molecule has 3 aromatic rings. The standard InChI is InChI=1S/C18H16F5N3O3S/c1-3-30(27,28)14-6-10(29-9-16(19)20)4-5-11(14)17-25-12-7-15(18(21,22)23)24-8-13(12)26(17)2/h4-8,16H,3,9H2,1-2H3. The molecular formula is C18H16F5N3O3S. The number of imidazole rings is 1. The summed E-state index contributed by atoms with van der Waals surface area (Å²) in [5.41, 5.74) is -0.783. The normalized spacial score (nSPS) is 12.7. The number of fused-ring (bicyclic) bond motifs is 1. The molecule has 0 saturated carbocycles. The number of hydrogen-bond acceptors (Lipinski definition) is 5. The third-order valence-corrected chi connectivity index (χ3v) is 6.11. The van der Waals surface area contributed by atoms with Crippen molar-refractivity contribution in [1.29, 1.82) is 0 Å². The van der Waals surface area contributed by atoms with Gasteiger partial charge < -0.3 is 9.30 Å². The molecule has 0 radical (unpaired) electrons. The lowest BCUT2D eigenvalue weighted by Crippen LogP contribution is -2.10. The van der Waals surface area contributed by atoms with Gasteiger partial charge in [0.25, 0.3) is 6.43 Å². The van der Waals surface area contributed by atoms with Crippen LogP contribution in [0.5, 0.6) is 5.75 Å². The number of nitrogens with zero attached hydrogens (tertiary/aromatic N) is 3. The number of ether oxygens (including phenoxy) is 1. The average molecular weight is 449 g/mol. The van der Waals surface area contributed by atoms with E-state index in [0.29, 0.717) is 0 Å². The number of aryl methyl sites for hydroxylation is 1. The molecule has 6 nitrogen and oxygen atoms in total. The Morgan fingerprint density at radius 1 is 1.20 bits per heavy atom. The summed E-state index contributed by atoms with van der Waals surface area (Å²) in [5.74, 6) is -0.286. The zero-order valence-corrected chi connectivity index (χ0v) is 16.6. The largest absolute Gasteiger partial charge is 0.488 e. The fourth-order valence-electron chi connectivity index (χ4n) is 2.83. The summed E-state index contributed by atoms with van der Waals surface area (Å²) in [6.45, 7) is 0.489. The first-order valence-electron chi connectivity index (χ1n) is 8.62. The maximum absolute atomic E-state index is 12.9. The molecule has 0 N–H and O–H groups in total. The van der Waals surface area contributed by atoms with E-state index in [0.717, 1.165) is 18.3 Å². The molecule has 0 atom stereocenters. The van der Waals surface area contributed by atoms with Gasteiger partial charge in [0.2, 0.25) is 0 Å². The molecule has 0 bridgehead atoms. The first-order chi connectivity index (χ1) is 13.9. The molecule has 2 aromatic heterocycles. The summed E-state index contributed by atoms with van der Waals surface area (Å²) in [6.07, 6.45) is -6.40. The summed E-state index contributed by atoms with van der Waals surface area (Å²) in [4.78, 5) is 7.34.